The number of hydrogen-bond acceptors (Lipinski definition) is 5. The van der Waals surface area contributed by atoms with E-state index < -0.39 is 5.91 Å². The summed E-state index contributed by atoms with van der Waals surface area (Å²) in [5, 5.41) is 36.2. The number of carbonyl (C=O) groups excluding carboxylic acids is 1. The molecule has 1 aromatic rings. The highest BCUT2D eigenvalue weighted by molar-refractivity contribution is 6.01. The number of benzene rings is 1. The molecule has 6 heteroatoms. The predicted molar refractivity (Wildman–Crippen MR) is 68.1 cm³/mol. The van der Waals surface area contributed by atoms with Gasteiger partial charge in [0.25, 0.3) is 5.91 Å². The van der Waals surface area contributed by atoms with E-state index in [0.717, 1.165) is 0 Å². The van der Waals surface area contributed by atoms with Crippen LogP contribution in [0, 0.1) is 11.3 Å². The molecule has 0 saturated heterocycles. The summed E-state index contributed by atoms with van der Waals surface area (Å²) in [5.41, 5.74) is 0.290. The van der Waals surface area contributed by atoms with E-state index in [9.17, 15) is 9.90 Å². The van der Waals surface area contributed by atoms with Gasteiger partial charge in [-0.3, -0.25) is 4.79 Å². The Morgan fingerprint density at radius 1 is 1.42 bits per heavy atom. The zero-order valence-corrected chi connectivity index (χ0v) is 10.4. The average Bonchev–Trinajstić information content (AvgIpc) is 2.39. The third kappa shape index (κ3) is 3.72. The third-order valence-corrected chi connectivity index (χ3v) is 2.44. The lowest BCUT2D eigenvalue weighted by Crippen LogP contribution is -2.30. The van der Waals surface area contributed by atoms with E-state index in [0.29, 0.717) is 5.56 Å². The van der Waals surface area contributed by atoms with Gasteiger partial charge in [0.15, 0.2) is 11.5 Å². The highest BCUT2D eigenvalue weighted by Crippen LogP contribution is 2.25. The van der Waals surface area contributed by atoms with Gasteiger partial charge in [0.05, 0.1) is 6.61 Å². The van der Waals surface area contributed by atoms with E-state index in [1.807, 2.05) is 0 Å². The third-order valence-electron chi connectivity index (χ3n) is 2.44. The largest absolute Gasteiger partial charge is 0.504 e. The number of aromatic hydroxyl groups is 2. The van der Waals surface area contributed by atoms with Crippen LogP contribution in [0.15, 0.2) is 23.8 Å². The lowest BCUT2D eigenvalue weighted by atomic mass is 10.1. The molecule has 0 atom stereocenters. The minimum absolute atomic E-state index is 0.124. The first-order valence-electron chi connectivity index (χ1n) is 5.49. The van der Waals surface area contributed by atoms with Gasteiger partial charge in [0, 0.05) is 13.6 Å². The first-order valence-corrected chi connectivity index (χ1v) is 5.49. The monoisotopic (exact) mass is 262 g/mol. The number of amides is 1. The molecule has 0 unspecified atom stereocenters. The lowest BCUT2D eigenvalue weighted by molar-refractivity contribution is -0.125. The van der Waals surface area contributed by atoms with Crippen molar-refractivity contribution < 1.29 is 20.1 Å². The van der Waals surface area contributed by atoms with E-state index in [4.69, 9.17) is 15.5 Å². The Morgan fingerprint density at radius 3 is 2.63 bits per heavy atom. The number of aliphatic hydroxyl groups excluding tert-OH is 1. The van der Waals surface area contributed by atoms with Crippen molar-refractivity contribution in [2.75, 3.05) is 20.2 Å². The molecule has 1 rings (SSSR count). The highest BCUT2D eigenvalue weighted by atomic mass is 16.3. The number of carbonyl (C=O) groups is 1. The maximum Gasteiger partial charge on any atom is 0.264 e. The van der Waals surface area contributed by atoms with Crippen molar-refractivity contribution >= 4 is 12.0 Å². The molecule has 0 spiro atoms. The maximum absolute atomic E-state index is 11.8. The van der Waals surface area contributed by atoms with E-state index in [2.05, 4.69) is 0 Å². The van der Waals surface area contributed by atoms with Crippen LogP contribution in [0.25, 0.3) is 6.08 Å². The molecular weight excluding hydrogens is 248 g/mol. The van der Waals surface area contributed by atoms with Gasteiger partial charge in [-0.05, 0) is 23.8 Å². The van der Waals surface area contributed by atoms with Gasteiger partial charge in [0.2, 0.25) is 0 Å². The SMILES string of the molecule is CN(CCO)C(=O)/C(C#N)=C/c1ccc(O)c(O)c1. The number of phenols is 2. The first kappa shape index (κ1) is 14.5. The Morgan fingerprint density at radius 2 is 2.11 bits per heavy atom. The van der Waals surface area contributed by atoms with Crippen LogP contribution in [0.3, 0.4) is 0 Å². The van der Waals surface area contributed by atoms with Crippen LogP contribution in [0.4, 0.5) is 0 Å². The lowest BCUT2D eigenvalue weighted by Gasteiger charge is -2.14. The van der Waals surface area contributed by atoms with Gasteiger partial charge in [-0.1, -0.05) is 6.07 Å². The van der Waals surface area contributed by atoms with E-state index in [1.165, 1.54) is 36.2 Å². The number of phenolic OH excluding ortho intramolecular Hbond substituents is 2. The number of likely N-dealkylation sites (N-methyl/N-ethyl adjacent to an activating group) is 1. The summed E-state index contributed by atoms with van der Waals surface area (Å²) < 4.78 is 0. The minimum atomic E-state index is -0.524. The Hall–Kier alpha value is -2.52. The van der Waals surface area contributed by atoms with Crippen LogP contribution in [0.1, 0.15) is 5.56 Å². The van der Waals surface area contributed by atoms with Gasteiger partial charge in [0.1, 0.15) is 11.6 Å². The van der Waals surface area contributed by atoms with E-state index >= 15 is 0 Å². The van der Waals surface area contributed by atoms with Crippen molar-refractivity contribution in [2.45, 2.75) is 0 Å². The number of nitriles is 1. The molecule has 0 aliphatic carbocycles. The minimum Gasteiger partial charge on any atom is -0.504 e. The standard InChI is InChI=1S/C13H14N2O4/c1-15(4-5-16)13(19)10(8-14)6-9-2-3-11(17)12(18)7-9/h2-3,6-7,16-18H,4-5H2,1H3/b10-6+. The molecule has 0 heterocycles. The van der Waals surface area contributed by atoms with Crippen molar-refractivity contribution in [3.63, 3.8) is 0 Å². The van der Waals surface area contributed by atoms with E-state index in [-0.39, 0.29) is 30.2 Å². The molecule has 0 fully saturated rings. The molecule has 0 aromatic heterocycles. The topological polar surface area (TPSA) is 105 Å². The molecule has 6 nitrogen and oxygen atoms in total. The van der Waals surface area contributed by atoms with Crippen molar-refractivity contribution in [1.29, 1.82) is 5.26 Å². The maximum atomic E-state index is 11.8. The van der Waals surface area contributed by atoms with Crippen LogP contribution < -0.4 is 0 Å². The van der Waals surface area contributed by atoms with Crippen LogP contribution in [-0.4, -0.2) is 46.3 Å². The fourth-order valence-corrected chi connectivity index (χ4v) is 1.40. The Balaban J connectivity index is 3.02. The predicted octanol–water partition coefficient (Wildman–Crippen LogP) is 0.455. The van der Waals surface area contributed by atoms with Gasteiger partial charge < -0.3 is 20.2 Å². The van der Waals surface area contributed by atoms with Crippen molar-refractivity contribution in [3.8, 4) is 17.6 Å². The average molecular weight is 262 g/mol. The second-order valence-corrected chi connectivity index (χ2v) is 3.87. The van der Waals surface area contributed by atoms with Crippen LogP contribution in [0.5, 0.6) is 11.5 Å². The Labute approximate surface area is 110 Å². The van der Waals surface area contributed by atoms with Crippen LogP contribution in [-0.2, 0) is 4.79 Å². The second kappa shape index (κ2) is 6.42. The smallest absolute Gasteiger partial charge is 0.264 e. The van der Waals surface area contributed by atoms with Crippen LogP contribution in [0.2, 0.25) is 0 Å². The molecule has 19 heavy (non-hydrogen) atoms. The van der Waals surface area contributed by atoms with Gasteiger partial charge >= 0.3 is 0 Å². The zero-order chi connectivity index (χ0) is 14.4. The van der Waals surface area contributed by atoms with Crippen LogP contribution >= 0.6 is 0 Å². The molecule has 3 N–H and O–H groups in total. The van der Waals surface area contributed by atoms with Gasteiger partial charge in [-0.2, -0.15) is 5.26 Å². The molecule has 0 radical (unpaired) electrons. The summed E-state index contributed by atoms with van der Waals surface area (Å²) >= 11 is 0. The van der Waals surface area contributed by atoms with Crippen molar-refractivity contribution in [2.24, 2.45) is 0 Å². The molecule has 0 aliphatic heterocycles. The van der Waals surface area contributed by atoms with Crippen molar-refractivity contribution in [1.82, 2.24) is 4.90 Å². The summed E-state index contributed by atoms with van der Waals surface area (Å²) in [6.07, 6.45) is 1.30. The molecule has 1 aromatic carbocycles. The first-order chi connectivity index (χ1) is 8.99. The quantitative estimate of drug-likeness (QED) is 0.415. The summed E-state index contributed by atoms with van der Waals surface area (Å²) in [6, 6.07) is 5.74. The zero-order valence-electron chi connectivity index (χ0n) is 10.4. The van der Waals surface area contributed by atoms with E-state index in [1.54, 1.807) is 6.07 Å². The molecule has 1 amide bonds. The summed E-state index contributed by atoms with van der Waals surface area (Å²) in [5.74, 6) is -1.13. The summed E-state index contributed by atoms with van der Waals surface area (Å²) in [6.45, 7) is -0.0698. The molecule has 0 saturated carbocycles. The summed E-state index contributed by atoms with van der Waals surface area (Å²) in [4.78, 5) is 13.1. The number of hydrogen-bond donors (Lipinski definition) is 3. The normalized spacial score (nSPS) is 10.9. The van der Waals surface area contributed by atoms with Crippen molar-refractivity contribution in [3.05, 3.63) is 29.3 Å². The number of aliphatic hydroxyl groups is 1. The Bertz CT molecular complexity index is 546. The van der Waals surface area contributed by atoms with Gasteiger partial charge in [-0.25, -0.2) is 0 Å². The molecule has 0 aliphatic rings. The fraction of sp³-hybridized carbons (Fsp3) is 0.231. The fourth-order valence-electron chi connectivity index (χ4n) is 1.40. The molecule has 100 valence electrons. The summed E-state index contributed by atoms with van der Waals surface area (Å²) in [7, 11) is 1.47. The Kier molecular flexibility index (Phi) is 4.92. The number of rotatable bonds is 4. The second-order valence-electron chi connectivity index (χ2n) is 3.87. The molecule has 0 bridgehead atoms. The number of nitrogens with zero attached hydrogens (tertiary/aromatic N) is 2. The highest BCUT2D eigenvalue weighted by Gasteiger charge is 2.14. The molecular formula is C13H14N2O4. The van der Waals surface area contributed by atoms with Gasteiger partial charge in [-0.15, -0.1) is 0 Å².